The van der Waals surface area contributed by atoms with Crippen molar-refractivity contribution >= 4 is 109 Å². The summed E-state index contributed by atoms with van der Waals surface area (Å²) in [5.74, 6) is 0. The molecule has 0 aromatic heterocycles. The quantitative estimate of drug-likeness (QED) is 0.426. The van der Waals surface area contributed by atoms with Crippen molar-refractivity contribution in [2.24, 2.45) is 0 Å². The van der Waals surface area contributed by atoms with Gasteiger partial charge >= 0.3 is 0 Å². The number of rotatable bonds is 0. The largest absolute Gasteiger partial charge is 0.114 e. The molecule has 45 valence electrons. The molecule has 0 atom stereocenters. The second kappa shape index (κ2) is 41.3. The standard InChI is InChI=1S/5BrH.Sb/h5*1H;. The summed E-state index contributed by atoms with van der Waals surface area (Å²) in [5, 5.41) is 0. The first-order valence-electron chi connectivity index (χ1n) is 0. The third-order valence-corrected chi connectivity index (χ3v) is 0. The van der Waals surface area contributed by atoms with Gasteiger partial charge in [0.1, 0.15) is 0 Å². The minimum Gasteiger partial charge on any atom is -0.114 e. The van der Waals surface area contributed by atoms with Crippen molar-refractivity contribution in [2.75, 3.05) is 0 Å². The zero-order chi connectivity index (χ0) is 0. The van der Waals surface area contributed by atoms with E-state index >= 15 is 0 Å². The molecule has 0 N–H and O–H groups in total. The summed E-state index contributed by atoms with van der Waals surface area (Å²) < 4.78 is 0. The van der Waals surface area contributed by atoms with E-state index in [0.29, 0.717) is 0 Å². The predicted molar refractivity (Wildman–Crippen MR) is 57.4 cm³/mol. The smallest absolute Gasteiger partial charge is 0 e. The molecule has 0 bridgehead atoms. The normalized spacial score (nSPS) is 0. The first kappa shape index (κ1) is 60.1. The van der Waals surface area contributed by atoms with Crippen LogP contribution in [0.4, 0.5) is 0 Å². The van der Waals surface area contributed by atoms with Crippen LogP contribution in [-0.2, 0) is 0 Å². The molecule has 0 aliphatic heterocycles. The Hall–Kier alpha value is 3.22. The molecular formula is H5Br5Sb. The molecule has 6 heteroatoms. The Morgan fingerprint density at radius 1 is 0.333 bits per heavy atom. The molecule has 0 aromatic carbocycles. The summed E-state index contributed by atoms with van der Waals surface area (Å²) in [6.07, 6.45) is 0. The summed E-state index contributed by atoms with van der Waals surface area (Å²) >= 11 is 0. The summed E-state index contributed by atoms with van der Waals surface area (Å²) in [6.45, 7) is 0. The van der Waals surface area contributed by atoms with Gasteiger partial charge < -0.3 is 0 Å². The molecule has 0 aromatic rings. The summed E-state index contributed by atoms with van der Waals surface area (Å²) in [5.41, 5.74) is 0. The van der Waals surface area contributed by atoms with Gasteiger partial charge in [0.25, 0.3) is 0 Å². The summed E-state index contributed by atoms with van der Waals surface area (Å²) in [6, 6.07) is 0. The van der Waals surface area contributed by atoms with Crippen LogP contribution < -0.4 is 0 Å². The van der Waals surface area contributed by atoms with Crippen LogP contribution in [0.15, 0.2) is 0 Å². The van der Waals surface area contributed by atoms with E-state index in [2.05, 4.69) is 0 Å². The van der Waals surface area contributed by atoms with Gasteiger partial charge in [0.15, 0.2) is 0 Å². The Morgan fingerprint density at radius 3 is 0.333 bits per heavy atom. The van der Waals surface area contributed by atoms with E-state index in [4.69, 9.17) is 0 Å². The van der Waals surface area contributed by atoms with E-state index in [9.17, 15) is 0 Å². The van der Waals surface area contributed by atoms with Gasteiger partial charge in [0.2, 0.25) is 0 Å². The third-order valence-electron chi connectivity index (χ3n) is 0. The number of halogens is 5. The molecule has 0 aliphatic carbocycles. The second-order valence-corrected chi connectivity index (χ2v) is 0. The number of hydrogen-bond acceptors (Lipinski definition) is 0. The fourth-order valence-electron chi connectivity index (χ4n) is 0. The maximum absolute atomic E-state index is 0. The first-order valence-corrected chi connectivity index (χ1v) is 0. The summed E-state index contributed by atoms with van der Waals surface area (Å²) in [7, 11) is 0. The van der Waals surface area contributed by atoms with Crippen molar-refractivity contribution in [1.82, 2.24) is 0 Å². The molecule has 0 nitrogen and oxygen atoms in total. The van der Waals surface area contributed by atoms with Crippen molar-refractivity contribution in [3.05, 3.63) is 0 Å². The van der Waals surface area contributed by atoms with Crippen LogP contribution >= 0.6 is 84.9 Å². The van der Waals surface area contributed by atoms with Gasteiger partial charge in [-0.2, -0.15) is 0 Å². The van der Waals surface area contributed by atoms with Crippen LogP contribution in [-0.4, -0.2) is 24.4 Å². The molecule has 3 radical (unpaired) electrons. The molecular weight excluding hydrogens is 521 g/mol. The van der Waals surface area contributed by atoms with Crippen LogP contribution in [0, 0.1) is 0 Å². The van der Waals surface area contributed by atoms with E-state index in [1.165, 1.54) is 0 Å². The zero-order valence-electron chi connectivity index (χ0n) is 2.49. The summed E-state index contributed by atoms with van der Waals surface area (Å²) in [4.78, 5) is 0. The molecule has 0 saturated carbocycles. The molecule has 0 saturated heterocycles. The monoisotopic (exact) mass is 521 g/mol. The average Bonchev–Trinajstić information content (AvgIpc) is 0. The molecule has 0 fully saturated rings. The van der Waals surface area contributed by atoms with Crippen LogP contribution in [0.2, 0.25) is 0 Å². The van der Waals surface area contributed by atoms with Crippen LogP contribution in [0.3, 0.4) is 0 Å². The second-order valence-electron chi connectivity index (χ2n) is 0. The predicted octanol–water partition coefficient (Wildman–Crippen LogP) is 2.51. The van der Waals surface area contributed by atoms with Gasteiger partial charge in [-0.3, -0.25) is 0 Å². The molecule has 0 rings (SSSR count). The Labute approximate surface area is 108 Å². The Bertz CT molecular complexity index is 3.90. The van der Waals surface area contributed by atoms with Gasteiger partial charge in [-0.1, -0.05) is 0 Å². The van der Waals surface area contributed by atoms with Crippen LogP contribution in [0.5, 0.6) is 0 Å². The number of hydrogen-bond donors (Lipinski definition) is 0. The maximum Gasteiger partial charge on any atom is 0 e. The van der Waals surface area contributed by atoms with Gasteiger partial charge in [-0.05, 0) is 0 Å². The van der Waals surface area contributed by atoms with Crippen molar-refractivity contribution in [1.29, 1.82) is 0 Å². The first-order chi connectivity index (χ1) is 0. The van der Waals surface area contributed by atoms with Crippen LogP contribution in [0.25, 0.3) is 0 Å². The Kier molecular flexibility index (Phi) is 414. The molecule has 0 unspecified atom stereocenters. The van der Waals surface area contributed by atoms with Crippen molar-refractivity contribution in [3.63, 3.8) is 0 Å². The molecule has 0 spiro atoms. The van der Waals surface area contributed by atoms with Crippen molar-refractivity contribution < 1.29 is 0 Å². The van der Waals surface area contributed by atoms with E-state index in [0.717, 1.165) is 0 Å². The molecule has 0 heterocycles. The molecule has 6 heavy (non-hydrogen) atoms. The van der Waals surface area contributed by atoms with Gasteiger partial charge in [0.05, 0.1) is 0 Å². The van der Waals surface area contributed by atoms with Gasteiger partial charge in [-0.25, -0.2) is 0 Å². The minimum atomic E-state index is 0. The minimum absolute atomic E-state index is 0. The SMILES string of the molecule is Br.Br.Br.Br.Br.[Sb]. The third kappa shape index (κ3) is 26.9. The molecule has 0 amide bonds. The topological polar surface area (TPSA) is 0 Å². The van der Waals surface area contributed by atoms with Gasteiger partial charge in [-0.15, -0.1) is 84.9 Å². The molecule has 0 aliphatic rings. The van der Waals surface area contributed by atoms with Crippen LogP contribution in [0.1, 0.15) is 0 Å². The fourth-order valence-corrected chi connectivity index (χ4v) is 0. The van der Waals surface area contributed by atoms with E-state index < -0.39 is 0 Å². The Balaban J connectivity index is 0. The van der Waals surface area contributed by atoms with E-state index in [-0.39, 0.29) is 109 Å². The van der Waals surface area contributed by atoms with Gasteiger partial charge in [0, 0.05) is 24.4 Å². The van der Waals surface area contributed by atoms with Crippen molar-refractivity contribution in [2.45, 2.75) is 0 Å². The zero-order valence-corrected chi connectivity index (χ0v) is 13.6. The van der Waals surface area contributed by atoms with E-state index in [1.807, 2.05) is 0 Å². The fraction of sp³-hybridized carbons (Fsp3) is 0. The maximum atomic E-state index is 0. The Morgan fingerprint density at radius 2 is 0.333 bits per heavy atom. The van der Waals surface area contributed by atoms with Crippen molar-refractivity contribution in [3.8, 4) is 0 Å². The van der Waals surface area contributed by atoms with E-state index in [1.54, 1.807) is 0 Å². The average molecular weight is 526 g/mol.